The minimum Gasteiger partial charge on any atom is -0.368 e. The predicted octanol–water partition coefficient (Wildman–Crippen LogP) is 2.52. The van der Waals surface area contributed by atoms with Crippen molar-refractivity contribution in [1.82, 2.24) is 15.5 Å². The van der Waals surface area contributed by atoms with Crippen molar-refractivity contribution in [2.75, 3.05) is 44.7 Å². The lowest BCUT2D eigenvalue weighted by atomic mass is 10.1. The van der Waals surface area contributed by atoms with E-state index in [9.17, 15) is 4.79 Å². The first kappa shape index (κ1) is 21.7. The number of benzene rings is 2. The Balaban J connectivity index is 1.38. The van der Waals surface area contributed by atoms with Gasteiger partial charge in [0.2, 0.25) is 5.91 Å². The molecule has 1 saturated heterocycles. The number of guanidine groups is 1. The number of nitrogens with one attached hydrogen (secondary N) is 2. The fraction of sp³-hybridized carbons (Fsp3) is 0.417. The summed E-state index contributed by atoms with van der Waals surface area (Å²) in [7, 11) is 1.74. The van der Waals surface area contributed by atoms with Crippen LogP contribution in [0.15, 0.2) is 65.7 Å². The number of carbonyl (C=O) groups is 1. The first-order valence-electron chi connectivity index (χ1n) is 10.7. The molecule has 2 aromatic carbocycles. The molecule has 1 amide bonds. The van der Waals surface area contributed by atoms with Gasteiger partial charge in [0.15, 0.2) is 5.96 Å². The Morgan fingerprint density at radius 2 is 1.63 bits per heavy atom. The number of anilines is 1. The van der Waals surface area contributed by atoms with Gasteiger partial charge in [0.25, 0.3) is 0 Å². The van der Waals surface area contributed by atoms with Crippen molar-refractivity contribution < 1.29 is 4.79 Å². The zero-order chi connectivity index (χ0) is 21.2. The lowest BCUT2D eigenvalue weighted by Crippen LogP contribution is -2.52. The van der Waals surface area contributed by atoms with Gasteiger partial charge in [-0.15, -0.1) is 0 Å². The van der Waals surface area contributed by atoms with Crippen molar-refractivity contribution in [2.24, 2.45) is 4.99 Å². The van der Waals surface area contributed by atoms with E-state index in [-0.39, 0.29) is 18.5 Å². The van der Waals surface area contributed by atoms with Crippen LogP contribution in [0.25, 0.3) is 0 Å². The molecule has 6 heteroatoms. The van der Waals surface area contributed by atoms with E-state index >= 15 is 0 Å². The minimum atomic E-state index is 0.114. The summed E-state index contributed by atoms with van der Waals surface area (Å²) < 4.78 is 0. The molecule has 30 heavy (non-hydrogen) atoms. The Kier molecular flexibility index (Phi) is 8.12. The predicted molar refractivity (Wildman–Crippen MR) is 124 cm³/mol. The van der Waals surface area contributed by atoms with Crippen LogP contribution < -0.4 is 15.5 Å². The molecule has 0 saturated carbocycles. The summed E-state index contributed by atoms with van der Waals surface area (Å²) >= 11 is 0. The van der Waals surface area contributed by atoms with E-state index < -0.39 is 0 Å². The molecule has 1 aliphatic heterocycles. The van der Waals surface area contributed by atoms with Crippen LogP contribution in [0.3, 0.4) is 0 Å². The zero-order valence-corrected chi connectivity index (χ0v) is 18.1. The van der Waals surface area contributed by atoms with Crippen molar-refractivity contribution >= 4 is 17.6 Å². The van der Waals surface area contributed by atoms with E-state index in [1.807, 2.05) is 17.0 Å². The maximum atomic E-state index is 12.6. The van der Waals surface area contributed by atoms with Gasteiger partial charge >= 0.3 is 0 Å². The third kappa shape index (κ3) is 6.51. The molecule has 0 radical (unpaired) electrons. The molecule has 1 unspecified atom stereocenters. The summed E-state index contributed by atoms with van der Waals surface area (Å²) in [4.78, 5) is 21.1. The smallest absolute Gasteiger partial charge is 0.242 e. The standard InChI is InChI=1S/C24H33N5O/c1-20(13-14-21-9-5-3-6-10-21)27-24(25-2)26-19-23(30)29-17-15-28(16-18-29)22-11-7-4-8-12-22/h3-12,20H,13-19H2,1-2H3,(H2,25,26,27). The van der Waals surface area contributed by atoms with Crippen molar-refractivity contribution in [3.63, 3.8) is 0 Å². The van der Waals surface area contributed by atoms with Crippen LogP contribution in [-0.2, 0) is 11.2 Å². The highest BCUT2D eigenvalue weighted by atomic mass is 16.2. The van der Waals surface area contributed by atoms with Gasteiger partial charge in [-0.05, 0) is 37.5 Å². The Morgan fingerprint density at radius 1 is 1.00 bits per heavy atom. The van der Waals surface area contributed by atoms with Crippen LogP contribution in [0.5, 0.6) is 0 Å². The average Bonchev–Trinajstić information content (AvgIpc) is 2.81. The van der Waals surface area contributed by atoms with Gasteiger partial charge in [0.1, 0.15) is 0 Å². The van der Waals surface area contributed by atoms with Crippen LogP contribution in [0.4, 0.5) is 5.69 Å². The maximum absolute atomic E-state index is 12.6. The largest absolute Gasteiger partial charge is 0.368 e. The third-order valence-electron chi connectivity index (χ3n) is 5.48. The first-order valence-corrected chi connectivity index (χ1v) is 10.7. The van der Waals surface area contributed by atoms with Gasteiger partial charge in [0, 0.05) is 45.0 Å². The molecule has 6 nitrogen and oxygen atoms in total. The zero-order valence-electron chi connectivity index (χ0n) is 18.1. The van der Waals surface area contributed by atoms with Gasteiger partial charge in [-0.3, -0.25) is 9.79 Å². The lowest BCUT2D eigenvalue weighted by Gasteiger charge is -2.36. The summed E-state index contributed by atoms with van der Waals surface area (Å²) in [6.07, 6.45) is 2.01. The number of hydrogen-bond donors (Lipinski definition) is 2. The van der Waals surface area contributed by atoms with E-state index in [1.54, 1.807) is 7.05 Å². The fourth-order valence-corrected chi connectivity index (χ4v) is 3.65. The second-order valence-corrected chi connectivity index (χ2v) is 7.70. The highest BCUT2D eigenvalue weighted by Crippen LogP contribution is 2.15. The Bertz CT molecular complexity index is 801. The van der Waals surface area contributed by atoms with Gasteiger partial charge in [-0.25, -0.2) is 0 Å². The van der Waals surface area contributed by atoms with Crippen molar-refractivity contribution in [3.05, 3.63) is 66.2 Å². The number of hydrogen-bond acceptors (Lipinski definition) is 3. The summed E-state index contributed by atoms with van der Waals surface area (Å²) in [6.45, 7) is 5.61. The van der Waals surface area contributed by atoms with Crippen LogP contribution in [0.2, 0.25) is 0 Å². The Hall–Kier alpha value is -3.02. The highest BCUT2D eigenvalue weighted by molar-refractivity contribution is 5.86. The quantitative estimate of drug-likeness (QED) is 0.547. The van der Waals surface area contributed by atoms with Crippen LogP contribution in [0.1, 0.15) is 18.9 Å². The number of amides is 1. The van der Waals surface area contributed by atoms with Gasteiger partial charge in [-0.1, -0.05) is 48.5 Å². The average molecular weight is 408 g/mol. The van der Waals surface area contributed by atoms with Gasteiger partial charge < -0.3 is 20.4 Å². The second kappa shape index (κ2) is 11.2. The van der Waals surface area contributed by atoms with E-state index in [4.69, 9.17) is 0 Å². The topological polar surface area (TPSA) is 60.0 Å². The SMILES string of the molecule is CN=C(NCC(=O)N1CCN(c2ccccc2)CC1)NC(C)CCc1ccccc1. The number of para-hydroxylation sites is 1. The number of carbonyl (C=O) groups excluding carboxylic acids is 1. The summed E-state index contributed by atoms with van der Waals surface area (Å²) in [5, 5.41) is 6.56. The fourth-order valence-electron chi connectivity index (χ4n) is 3.65. The number of rotatable bonds is 7. The number of piperazine rings is 1. The normalized spacial score (nSPS) is 15.6. The number of nitrogens with zero attached hydrogens (tertiary/aromatic N) is 3. The summed E-state index contributed by atoms with van der Waals surface area (Å²) in [5.41, 5.74) is 2.55. The first-order chi connectivity index (χ1) is 14.7. The monoisotopic (exact) mass is 407 g/mol. The van der Waals surface area contributed by atoms with E-state index in [2.05, 4.69) is 76.0 Å². The molecule has 0 aliphatic carbocycles. The highest BCUT2D eigenvalue weighted by Gasteiger charge is 2.21. The number of aliphatic imine (C=N–C) groups is 1. The van der Waals surface area contributed by atoms with E-state index in [1.165, 1.54) is 11.3 Å². The summed E-state index contributed by atoms with van der Waals surface area (Å²) in [5.74, 6) is 0.787. The minimum absolute atomic E-state index is 0.114. The van der Waals surface area contributed by atoms with Gasteiger partial charge in [0.05, 0.1) is 6.54 Å². The van der Waals surface area contributed by atoms with Crippen LogP contribution >= 0.6 is 0 Å². The third-order valence-corrected chi connectivity index (χ3v) is 5.48. The Morgan fingerprint density at radius 3 is 2.27 bits per heavy atom. The molecular formula is C24H33N5O. The molecule has 2 N–H and O–H groups in total. The molecule has 1 aliphatic rings. The van der Waals surface area contributed by atoms with Crippen molar-refractivity contribution in [1.29, 1.82) is 0 Å². The van der Waals surface area contributed by atoms with Crippen molar-refractivity contribution in [3.8, 4) is 0 Å². The van der Waals surface area contributed by atoms with Crippen molar-refractivity contribution in [2.45, 2.75) is 25.8 Å². The van der Waals surface area contributed by atoms with E-state index in [0.717, 1.165) is 39.0 Å². The van der Waals surface area contributed by atoms with Crippen LogP contribution in [0, 0.1) is 0 Å². The molecule has 2 aromatic rings. The molecule has 0 spiro atoms. The molecule has 1 heterocycles. The van der Waals surface area contributed by atoms with E-state index in [0.29, 0.717) is 5.96 Å². The van der Waals surface area contributed by atoms with Crippen LogP contribution in [-0.4, -0.2) is 62.6 Å². The van der Waals surface area contributed by atoms with Gasteiger partial charge in [-0.2, -0.15) is 0 Å². The Labute approximate surface area is 180 Å². The summed E-state index contributed by atoms with van der Waals surface area (Å²) in [6, 6.07) is 21.1. The molecule has 0 bridgehead atoms. The molecule has 1 atom stereocenters. The molecular weight excluding hydrogens is 374 g/mol. The second-order valence-electron chi connectivity index (χ2n) is 7.70. The number of aryl methyl sites for hydroxylation is 1. The maximum Gasteiger partial charge on any atom is 0.242 e. The molecule has 160 valence electrons. The lowest BCUT2D eigenvalue weighted by molar-refractivity contribution is -0.130. The molecule has 1 fully saturated rings. The molecule has 0 aromatic heterocycles. The molecule has 3 rings (SSSR count).